The van der Waals surface area contributed by atoms with Crippen molar-refractivity contribution in [1.29, 1.82) is 0 Å². The first-order chi connectivity index (χ1) is 9.18. The second-order valence-corrected chi connectivity index (χ2v) is 6.31. The van der Waals surface area contributed by atoms with Crippen LogP contribution in [0.1, 0.15) is 24.2 Å². The third-order valence-electron chi connectivity index (χ3n) is 2.96. The predicted molar refractivity (Wildman–Crippen MR) is 87.8 cm³/mol. The quantitative estimate of drug-likeness (QED) is 0.628. The summed E-state index contributed by atoms with van der Waals surface area (Å²) < 4.78 is 0.411. The molecule has 118 valence electrons. The molecule has 0 saturated heterocycles. The van der Waals surface area contributed by atoms with E-state index in [0.717, 1.165) is 0 Å². The molecule has 0 unspecified atom stereocenters. The Labute approximate surface area is 138 Å². The Bertz CT molecular complexity index is 537. The molecule has 0 aromatic heterocycles. The average molecular weight is 381 g/mol. The summed E-state index contributed by atoms with van der Waals surface area (Å²) in [4.78, 5) is 24.1. The minimum atomic E-state index is -0.500. The number of benzene rings is 1. The van der Waals surface area contributed by atoms with Crippen molar-refractivity contribution in [2.75, 3.05) is 20.1 Å². The van der Waals surface area contributed by atoms with Gasteiger partial charge in [-0.2, -0.15) is 0 Å². The SMILES string of the molecule is CN(CC(C)(C)CN)C(=O)c1ccc([N+](=O)[O-])cc1Br.Cl. The van der Waals surface area contributed by atoms with Gasteiger partial charge >= 0.3 is 0 Å². The number of hydrogen-bond donors (Lipinski definition) is 1. The van der Waals surface area contributed by atoms with Gasteiger partial charge in [-0.1, -0.05) is 13.8 Å². The van der Waals surface area contributed by atoms with Crippen LogP contribution in [0.4, 0.5) is 5.69 Å². The van der Waals surface area contributed by atoms with Crippen LogP contribution in [0.15, 0.2) is 22.7 Å². The lowest BCUT2D eigenvalue weighted by Crippen LogP contribution is -2.39. The number of nitro groups is 1. The average Bonchev–Trinajstić information content (AvgIpc) is 2.37. The van der Waals surface area contributed by atoms with Gasteiger partial charge in [0, 0.05) is 30.2 Å². The van der Waals surface area contributed by atoms with Gasteiger partial charge in [0.15, 0.2) is 0 Å². The minimum Gasteiger partial charge on any atom is -0.341 e. The Morgan fingerprint density at radius 1 is 1.48 bits per heavy atom. The molecule has 1 aromatic carbocycles. The summed E-state index contributed by atoms with van der Waals surface area (Å²) in [5.41, 5.74) is 5.81. The van der Waals surface area contributed by atoms with Crippen molar-refractivity contribution in [1.82, 2.24) is 4.90 Å². The van der Waals surface area contributed by atoms with E-state index in [1.165, 1.54) is 18.2 Å². The first-order valence-corrected chi connectivity index (χ1v) is 6.87. The number of carbonyl (C=O) groups excluding carboxylic acids is 1. The molecule has 0 atom stereocenters. The standard InChI is InChI=1S/C13H18BrN3O3.ClH/c1-13(2,7-15)8-16(3)12(18)10-5-4-9(17(19)20)6-11(10)14;/h4-6H,7-8,15H2,1-3H3;1H. The Morgan fingerprint density at radius 3 is 2.48 bits per heavy atom. The topological polar surface area (TPSA) is 89.5 Å². The van der Waals surface area contributed by atoms with E-state index < -0.39 is 4.92 Å². The van der Waals surface area contributed by atoms with E-state index in [-0.39, 0.29) is 29.4 Å². The highest BCUT2D eigenvalue weighted by Gasteiger charge is 2.23. The molecule has 1 aromatic rings. The van der Waals surface area contributed by atoms with Gasteiger partial charge in [-0.25, -0.2) is 0 Å². The number of non-ortho nitro benzene ring substituents is 1. The Hall–Kier alpha value is -1.18. The fraction of sp³-hybridized carbons (Fsp3) is 0.462. The third-order valence-corrected chi connectivity index (χ3v) is 3.61. The molecule has 0 aliphatic heterocycles. The smallest absolute Gasteiger partial charge is 0.270 e. The van der Waals surface area contributed by atoms with Crippen molar-refractivity contribution >= 4 is 39.9 Å². The van der Waals surface area contributed by atoms with Gasteiger partial charge < -0.3 is 10.6 Å². The van der Waals surface area contributed by atoms with Crippen molar-refractivity contribution in [3.05, 3.63) is 38.3 Å². The first kappa shape index (κ1) is 19.8. The zero-order chi connectivity index (χ0) is 15.5. The van der Waals surface area contributed by atoms with E-state index in [0.29, 0.717) is 23.1 Å². The molecule has 0 heterocycles. The van der Waals surface area contributed by atoms with Crippen LogP contribution in [0.5, 0.6) is 0 Å². The monoisotopic (exact) mass is 379 g/mol. The summed E-state index contributed by atoms with van der Waals surface area (Å²) in [5.74, 6) is -0.201. The maximum absolute atomic E-state index is 12.3. The van der Waals surface area contributed by atoms with E-state index >= 15 is 0 Å². The van der Waals surface area contributed by atoms with Crippen molar-refractivity contribution in [3.8, 4) is 0 Å². The van der Waals surface area contributed by atoms with Gasteiger partial charge in [0.05, 0.1) is 10.5 Å². The van der Waals surface area contributed by atoms with Crippen molar-refractivity contribution in [3.63, 3.8) is 0 Å². The van der Waals surface area contributed by atoms with Gasteiger partial charge in [0.25, 0.3) is 11.6 Å². The molecule has 0 aliphatic rings. The largest absolute Gasteiger partial charge is 0.341 e. The molecule has 1 amide bonds. The third kappa shape index (κ3) is 5.26. The molecule has 0 fully saturated rings. The summed E-state index contributed by atoms with van der Waals surface area (Å²) in [5, 5.41) is 10.7. The number of nitro benzene ring substituents is 1. The Kier molecular flexibility index (Phi) is 7.29. The van der Waals surface area contributed by atoms with Gasteiger partial charge in [0.2, 0.25) is 0 Å². The number of halogens is 2. The summed E-state index contributed by atoms with van der Waals surface area (Å²) >= 11 is 3.20. The van der Waals surface area contributed by atoms with Crippen LogP contribution >= 0.6 is 28.3 Å². The van der Waals surface area contributed by atoms with Gasteiger partial charge in [0.1, 0.15) is 0 Å². The molecule has 8 heteroatoms. The fourth-order valence-corrected chi connectivity index (χ4v) is 2.31. The maximum Gasteiger partial charge on any atom is 0.270 e. The van der Waals surface area contributed by atoms with Gasteiger partial charge in [-0.3, -0.25) is 14.9 Å². The predicted octanol–water partition coefficient (Wildman–Crippen LogP) is 2.84. The van der Waals surface area contributed by atoms with Crippen LogP contribution in [0.2, 0.25) is 0 Å². The van der Waals surface area contributed by atoms with Crippen LogP contribution < -0.4 is 5.73 Å². The number of hydrogen-bond acceptors (Lipinski definition) is 4. The molecular weight excluding hydrogens is 362 g/mol. The van der Waals surface area contributed by atoms with Crippen LogP contribution in [-0.4, -0.2) is 35.9 Å². The van der Waals surface area contributed by atoms with E-state index in [1.807, 2.05) is 13.8 Å². The molecule has 0 aliphatic carbocycles. The fourth-order valence-electron chi connectivity index (χ4n) is 1.78. The summed E-state index contributed by atoms with van der Waals surface area (Å²) in [6, 6.07) is 4.10. The summed E-state index contributed by atoms with van der Waals surface area (Å²) in [6.45, 7) is 4.92. The molecule has 21 heavy (non-hydrogen) atoms. The highest BCUT2D eigenvalue weighted by Crippen LogP contribution is 2.25. The van der Waals surface area contributed by atoms with Crippen molar-refractivity contribution in [2.45, 2.75) is 13.8 Å². The van der Waals surface area contributed by atoms with Gasteiger partial charge in [-0.05, 0) is 34.0 Å². The Morgan fingerprint density at radius 2 is 2.05 bits per heavy atom. The summed E-state index contributed by atoms with van der Waals surface area (Å²) in [7, 11) is 1.69. The van der Waals surface area contributed by atoms with Crippen molar-refractivity contribution < 1.29 is 9.72 Å². The number of nitrogens with zero attached hydrogens (tertiary/aromatic N) is 2. The number of carbonyl (C=O) groups is 1. The first-order valence-electron chi connectivity index (χ1n) is 6.07. The molecule has 2 N–H and O–H groups in total. The number of nitrogens with two attached hydrogens (primary N) is 1. The van der Waals surface area contributed by atoms with E-state index in [9.17, 15) is 14.9 Å². The van der Waals surface area contributed by atoms with Crippen LogP contribution in [0, 0.1) is 15.5 Å². The van der Waals surface area contributed by atoms with Crippen molar-refractivity contribution in [2.24, 2.45) is 11.1 Å². The van der Waals surface area contributed by atoms with E-state index in [2.05, 4.69) is 15.9 Å². The lowest BCUT2D eigenvalue weighted by atomic mass is 9.93. The minimum absolute atomic E-state index is 0. The molecule has 0 radical (unpaired) electrons. The lowest BCUT2D eigenvalue weighted by Gasteiger charge is -2.29. The maximum atomic E-state index is 12.3. The van der Waals surface area contributed by atoms with Gasteiger partial charge in [-0.15, -0.1) is 12.4 Å². The number of amides is 1. The van der Waals surface area contributed by atoms with E-state index in [1.54, 1.807) is 11.9 Å². The molecule has 6 nitrogen and oxygen atoms in total. The van der Waals surface area contributed by atoms with Crippen LogP contribution in [0.25, 0.3) is 0 Å². The van der Waals surface area contributed by atoms with Crippen LogP contribution in [-0.2, 0) is 0 Å². The molecule has 0 saturated carbocycles. The second kappa shape index (κ2) is 7.72. The summed E-state index contributed by atoms with van der Waals surface area (Å²) in [6.07, 6.45) is 0. The normalized spacial score (nSPS) is 10.7. The highest BCUT2D eigenvalue weighted by atomic mass is 79.9. The highest BCUT2D eigenvalue weighted by molar-refractivity contribution is 9.10. The lowest BCUT2D eigenvalue weighted by molar-refractivity contribution is -0.384. The van der Waals surface area contributed by atoms with E-state index in [4.69, 9.17) is 5.73 Å². The molecule has 0 spiro atoms. The molecule has 1 rings (SSSR count). The molecular formula is C13H19BrClN3O3. The van der Waals surface area contributed by atoms with Crippen LogP contribution in [0.3, 0.4) is 0 Å². The number of rotatable bonds is 5. The zero-order valence-electron chi connectivity index (χ0n) is 12.1. The molecule has 0 bridgehead atoms. The second-order valence-electron chi connectivity index (χ2n) is 5.45. The Balaban J connectivity index is 0.00000400. The zero-order valence-corrected chi connectivity index (χ0v) is 14.5.